The van der Waals surface area contributed by atoms with Crippen molar-refractivity contribution in [2.24, 2.45) is 0 Å². The number of nitrogens with zero attached hydrogens (tertiary/aromatic N) is 4. The molecule has 1 aliphatic rings. The van der Waals surface area contributed by atoms with Crippen LogP contribution in [0.15, 0.2) is 30.6 Å². The SMILES string of the molecule is CCc1ccc(NC(=O)N2CCCn3cnc(CN(C)C(C)C)c3C2)cc1.O=C(O)C(F)(F)F. The summed E-state index contributed by atoms with van der Waals surface area (Å²) in [7, 11) is 2.11. The molecule has 0 radical (unpaired) electrons. The number of alkyl halides is 3. The van der Waals surface area contributed by atoms with E-state index in [0.717, 1.165) is 49.6 Å². The summed E-state index contributed by atoms with van der Waals surface area (Å²) in [6, 6.07) is 8.49. The third kappa shape index (κ3) is 7.75. The molecule has 1 aliphatic heterocycles. The van der Waals surface area contributed by atoms with Crippen LogP contribution >= 0.6 is 0 Å². The fourth-order valence-electron chi connectivity index (χ4n) is 3.27. The number of aromatic nitrogens is 2. The molecule has 11 heteroatoms. The Labute approximate surface area is 197 Å². The second-order valence-electron chi connectivity index (χ2n) is 8.40. The van der Waals surface area contributed by atoms with Crippen LogP contribution < -0.4 is 5.32 Å². The number of carbonyl (C=O) groups is 2. The highest BCUT2D eigenvalue weighted by Gasteiger charge is 2.38. The van der Waals surface area contributed by atoms with Gasteiger partial charge in [0.15, 0.2) is 0 Å². The molecule has 2 heterocycles. The van der Waals surface area contributed by atoms with Gasteiger partial charge in [0, 0.05) is 31.4 Å². The molecular weight excluding hydrogens is 451 g/mol. The zero-order valence-electron chi connectivity index (χ0n) is 19.9. The van der Waals surface area contributed by atoms with Crippen LogP contribution in [0.4, 0.5) is 23.7 Å². The fourth-order valence-corrected chi connectivity index (χ4v) is 3.27. The van der Waals surface area contributed by atoms with E-state index in [9.17, 15) is 18.0 Å². The first kappa shape index (κ1) is 27.2. The Morgan fingerprint density at radius 2 is 1.82 bits per heavy atom. The lowest BCUT2D eigenvalue weighted by Crippen LogP contribution is -2.35. The van der Waals surface area contributed by atoms with Crippen LogP contribution in [0.3, 0.4) is 0 Å². The molecule has 0 unspecified atom stereocenters. The van der Waals surface area contributed by atoms with E-state index in [-0.39, 0.29) is 6.03 Å². The highest BCUT2D eigenvalue weighted by Crippen LogP contribution is 2.19. The molecule has 2 amide bonds. The van der Waals surface area contributed by atoms with Crippen molar-refractivity contribution < 1.29 is 27.9 Å². The molecule has 8 nitrogen and oxygen atoms in total. The van der Waals surface area contributed by atoms with Crippen LogP contribution in [0, 0.1) is 0 Å². The average molecular weight is 484 g/mol. The van der Waals surface area contributed by atoms with Crippen LogP contribution in [-0.4, -0.2) is 62.3 Å². The number of urea groups is 1. The lowest BCUT2D eigenvalue weighted by atomic mass is 10.1. The van der Waals surface area contributed by atoms with Crippen LogP contribution in [-0.2, 0) is 30.8 Å². The van der Waals surface area contributed by atoms with Crippen molar-refractivity contribution in [1.29, 1.82) is 0 Å². The number of imidazole rings is 1. The molecule has 0 aliphatic carbocycles. The molecule has 188 valence electrons. The quantitative estimate of drug-likeness (QED) is 0.660. The molecule has 0 bridgehead atoms. The van der Waals surface area contributed by atoms with Gasteiger partial charge in [0.05, 0.1) is 24.3 Å². The van der Waals surface area contributed by atoms with Gasteiger partial charge in [0.25, 0.3) is 0 Å². The number of anilines is 1. The third-order valence-corrected chi connectivity index (χ3v) is 5.62. The number of hydrogen-bond acceptors (Lipinski definition) is 4. The number of aliphatic carboxylic acids is 1. The van der Waals surface area contributed by atoms with Crippen molar-refractivity contribution in [1.82, 2.24) is 19.4 Å². The number of amides is 2. The second kappa shape index (κ2) is 11.9. The molecule has 3 rings (SSSR count). The lowest BCUT2D eigenvalue weighted by Gasteiger charge is -2.23. The summed E-state index contributed by atoms with van der Waals surface area (Å²) >= 11 is 0. The van der Waals surface area contributed by atoms with Crippen molar-refractivity contribution in [3.05, 3.63) is 47.5 Å². The van der Waals surface area contributed by atoms with E-state index in [1.54, 1.807) is 0 Å². The molecular formula is C23H32F3N5O3. The smallest absolute Gasteiger partial charge is 0.475 e. The highest BCUT2D eigenvalue weighted by atomic mass is 19.4. The van der Waals surface area contributed by atoms with Crippen LogP contribution in [0.25, 0.3) is 0 Å². The summed E-state index contributed by atoms with van der Waals surface area (Å²) in [6.45, 7) is 9.54. The third-order valence-electron chi connectivity index (χ3n) is 5.62. The minimum Gasteiger partial charge on any atom is -0.475 e. The number of hydrogen-bond donors (Lipinski definition) is 2. The zero-order chi connectivity index (χ0) is 25.5. The van der Waals surface area contributed by atoms with E-state index >= 15 is 0 Å². The van der Waals surface area contributed by atoms with Gasteiger partial charge in [-0.05, 0) is 51.4 Å². The summed E-state index contributed by atoms with van der Waals surface area (Å²) < 4.78 is 33.9. The topological polar surface area (TPSA) is 90.7 Å². The van der Waals surface area contributed by atoms with Gasteiger partial charge in [-0.15, -0.1) is 0 Å². The molecule has 2 aromatic rings. The van der Waals surface area contributed by atoms with E-state index < -0.39 is 12.1 Å². The number of fused-ring (bicyclic) bond motifs is 1. The van der Waals surface area contributed by atoms with Crippen molar-refractivity contribution in [2.75, 3.05) is 18.9 Å². The zero-order valence-corrected chi connectivity index (χ0v) is 19.9. The Kier molecular flexibility index (Phi) is 9.48. The molecule has 0 spiro atoms. The number of carbonyl (C=O) groups excluding carboxylic acids is 1. The molecule has 0 atom stereocenters. The maximum Gasteiger partial charge on any atom is 0.490 e. The first-order chi connectivity index (χ1) is 15.9. The fraction of sp³-hybridized carbons (Fsp3) is 0.522. The van der Waals surface area contributed by atoms with Gasteiger partial charge < -0.3 is 19.9 Å². The Morgan fingerprint density at radius 3 is 2.35 bits per heavy atom. The van der Waals surface area contributed by atoms with E-state index in [1.807, 2.05) is 23.4 Å². The lowest BCUT2D eigenvalue weighted by molar-refractivity contribution is -0.192. The monoisotopic (exact) mass is 483 g/mol. The summed E-state index contributed by atoms with van der Waals surface area (Å²) in [5, 5.41) is 10.2. The van der Waals surface area contributed by atoms with Gasteiger partial charge in [-0.25, -0.2) is 14.6 Å². The molecule has 1 aromatic heterocycles. The van der Waals surface area contributed by atoms with Crippen molar-refractivity contribution >= 4 is 17.7 Å². The average Bonchev–Trinajstić information content (AvgIpc) is 3.01. The predicted octanol–water partition coefficient (Wildman–Crippen LogP) is 4.36. The van der Waals surface area contributed by atoms with Gasteiger partial charge in [0.2, 0.25) is 0 Å². The van der Waals surface area contributed by atoms with E-state index in [0.29, 0.717) is 12.6 Å². The predicted molar refractivity (Wildman–Crippen MR) is 122 cm³/mol. The van der Waals surface area contributed by atoms with Crippen molar-refractivity contribution in [3.8, 4) is 0 Å². The standard InChI is InChI=1S/C21H31N5O.C2HF3O2/c1-5-17-7-9-18(10-8-17)23-21(27)25-11-6-12-26-15-22-19(20(26)14-25)13-24(4)16(2)3;3-2(4,5)1(6)7/h7-10,15-16H,5-6,11-14H2,1-4H3,(H,23,27);(H,6,7). The number of halogens is 3. The highest BCUT2D eigenvalue weighted by molar-refractivity contribution is 5.89. The molecule has 0 saturated heterocycles. The molecule has 1 aromatic carbocycles. The molecule has 0 saturated carbocycles. The normalized spacial score (nSPS) is 13.7. The summed E-state index contributed by atoms with van der Waals surface area (Å²) in [5.41, 5.74) is 4.33. The second-order valence-corrected chi connectivity index (χ2v) is 8.40. The van der Waals surface area contributed by atoms with Gasteiger partial charge in [-0.2, -0.15) is 13.2 Å². The number of carboxylic acids is 1. The summed E-state index contributed by atoms with van der Waals surface area (Å²) in [6.07, 6.45) is -1.23. The van der Waals surface area contributed by atoms with Crippen LogP contribution in [0.2, 0.25) is 0 Å². The molecule has 2 N–H and O–H groups in total. The largest absolute Gasteiger partial charge is 0.490 e. The Morgan fingerprint density at radius 1 is 1.21 bits per heavy atom. The Balaban J connectivity index is 0.000000509. The van der Waals surface area contributed by atoms with E-state index in [1.165, 1.54) is 5.56 Å². The minimum absolute atomic E-state index is 0.0444. The number of benzene rings is 1. The van der Waals surface area contributed by atoms with E-state index in [4.69, 9.17) is 9.90 Å². The number of rotatable bonds is 5. The molecule has 0 fully saturated rings. The van der Waals surface area contributed by atoms with Crippen molar-refractivity contribution in [2.45, 2.75) is 65.5 Å². The van der Waals surface area contributed by atoms with Crippen molar-refractivity contribution in [3.63, 3.8) is 0 Å². The van der Waals surface area contributed by atoms with Crippen LogP contribution in [0.5, 0.6) is 0 Å². The van der Waals surface area contributed by atoms with Gasteiger partial charge in [-0.1, -0.05) is 19.1 Å². The number of carboxylic acid groups (broad SMARTS) is 1. The van der Waals surface area contributed by atoms with Gasteiger partial charge >= 0.3 is 18.2 Å². The Bertz CT molecular complexity index is 958. The number of nitrogens with one attached hydrogen (secondary N) is 1. The maximum atomic E-state index is 12.8. The van der Waals surface area contributed by atoms with Gasteiger partial charge in [-0.3, -0.25) is 4.90 Å². The maximum absolute atomic E-state index is 12.8. The summed E-state index contributed by atoms with van der Waals surface area (Å²) in [5.74, 6) is -2.76. The van der Waals surface area contributed by atoms with Gasteiger partial charge in [0.1, 0.15) is 0 Å². The number of aryl methyl sites for hydroxylation is 2. The first-order valence-electron chi connectivity index (χ1n) is 11.1. The first-order valence-corrected chi connectivity index (χ1v) is 11.1. The van der Waals surface area contributed by atoms with E-state index in [2.05, 4.69) is 59.7 Å². The van der Waals surface area contributed by atoms with Crippen LogP contribution in [0.1, 0.15) is 44.1 Å². The summed E-state index contributed by atoms with van der Waals surface area (Å²) in [4.78, 5) is 30.5. The minimum atomic E-state index is -5.08. The Hall–Kier alpha value is -3.08. The molecule has 34 heavy (non-hydrogen) atoms.